The molecule has 6 rings (SSSR count). The van der Waals surface area contributed by atoms with Gasteiger partial charge < -0.3 is 24.8 Å². The van der Waals surface area contributed by atoms with E-state index in [1.54, 1.807) is 17.6 Å². The Kier molecular flexibility index (Phi) is 12.4. The minimum atomic E-state index is -2.79. The maximum atomic E-state index is 2.59. The molecule has 2 aliphatic rings. The molecule has 0 aromatic heterocycles. The van der Waals surface area contributed by atoms with Crippen LogP contribution in [0.25, 0.3) is 11.1 Å². The zero-order valence-electron chi connectivity index (χ0n) is 32.4. The summed E-state index contributed by atoms with van der Waals surface area (Å²) in [5, 5.41) is 0. The van der Waals surface area contributed by atoms with Gasteiger partial charge in [0.1, 0.15) is 0 Å². The summed E-state index contributed by atoms with van der Waals surface area (Å²) in [6, 6.07) is 27.0. The van der Waals surface area contributed by atoms with Crippen LogP contribution in [0.1, 0.15) is 137 Å². The first-order valence-electron chi connectivity index (χ1n) is 18.2. The quantitative estimate of drug-likeness (QED) is 0.194. The van der Waals surface area contributed by atoms with Crippen LogP contribution in [0.4, 0.5) is 0 Å². The van der Waals surface area contributed by atoms with E-state index in [1.807, 2.05) is 0 Å². The average Bonchev–Trinajstić information content (AvgIpc) is 3.66. The topological polar surface area (TPSA) is 0 Å². The van der Waals surface area contributed by atoms with Crippen molar-refractivity contribution in [3.8, 4) is 11.1 Å². The smallest absolute Gasteiger partial charge is 1.00 e. The van der Waals surface area contributed by atoms with Gasteiger partial charge in [-0.2, -0.15) is 0 Å². The first-order valence-corrected chi connectivity index (χ1v) is 22.1. The summed E-state index contributed by atoms with van der Waals surface area (Å²) in [5.74, 6) is 1.03. The van der Waals surface area contributed by atoms with Crippen molar-refractivity contribution in [1.82, 2.24) is 0 Å². The van der Waals surface area contributed by atoms with Crippen LogP contribution in [-0.2, 0) is 38.5 Å². The predicted octanol–water partition coefficient (Wildman–Crippen LogP) is 6.15. The van der Waals surface area contributed by atoms with Crippen molar-refractivity contribution in [2.75, 3.05) is 0 Å². The van der Waals surface area contributed by atoms with Crippen molar-refractivity contribution in [2.45, 2.75) is 116 Å². The predicted molar refractivity (Wildman–Crippen MR) is 207 cm³/mol. The first-order chi connectivity index (χ1) is 22.6. The molecule has 0 saturated carbocycles. The fraction of sp³-hybridized carbons (Fsp3) is 0.383. The van der Waals surface area contributed by atoms with Crippen molar-refractivity contribution in [2.24, 2.45) is 0 Å². The van der Waals surface area contributed by atoms with E-state index in [0.29, 0.717) is 15.5 Å². The summed E-state index contributed by atoms with van der Waals surface area (Å²) in [6.07, 6.45) is 10.7. The molecule has 50 heavy (non-hydrogen) atoms. The van der Waals surface area contributed by atoms with Crippen molar-refractivity contribution in [1.29, 1.82) is 0 Å². The molecule has 0 saturated heterocycles. The van der Waals surface area contributed by atoms with Gasteiger partial charge in [0, 0.05) is 0 Å². The fourth-order valence-electron chi connectivity index (χ4n) is 8.20. The van der Waals surface area contributed by atoms with Crippen molar-refractivity contribution in [3.05, 3.63) is 147 Å². The Morgan fingerprint density at radius 1 is 0.640 bits per heavy atom. The molecule has 0 spiro atoms. The van der Waals surface area contributed by atoms with E-state index < -0.39 is 21.3 Å². The molecule has 0 heterocycles. The van der Waals surface area contributed by atoms with Gasteiger partial charge in [0.25, 0.3) is 0 Å². The third-order valence-corrected chi connectivity index (χ3v) is 19.1. The summed E-state index contributed by atoms with van der Waals surface area (Å²) < 4.78 is 3.82. The Labute approximate surface area is 323 Å². The number of halogens is 2. The largest absolute Gasteiger partial charge is 1.00 e. The third-order valence-electron chi connectivity index (χ3n) is 10.8. The van der Waals surface area contributed by atoms with Crippen molar-refractivity contribution in [3.63, 3.8) is 0 Å². The van der Waals surface area contributed by atoms with Gasteiger partial charge in [-0.05, 0) is 0 Å². The molecule has 0 aliphatic heterocycles. The fourth-order valence-corrected chi connectivity index (χ4v) is 17.0. The molecule has 4 aromatic carbocycles. The van der Waals surface area contributed by atoms with E-state index in [-0.39, 0.29) is 35.6 Å². The van der Waals surface area contributed by atoms with Crippen LogP contribution in [0.5, 0.6) is 0 Å². The zero-order chi connectivity index (χ0) is 34.7. The molecule has 0 unspecified atom stereocenters. The number of hydrogen-bond donors (Lipinski definition) is 0. The maximum Gasteiger partial charge on any atom is -1.00 e. The van der Waals surface area contributed by atoms with Gasteiger partial charge in [0.15, 0.2) is 0 Å². The minimum absolute atomic E-state index is 0. The molecule has 4 aromatic rings. The number of rotatable bonds is 6. The van der Waals surface area contributed by atoms with Crippen LogP contribution in [0.3, 0.4) is 0 Å². The van der Waals surface area contributed by atoms with Crippen LogP contribution >= 0.6 is 0 Å². The molecule has 0 amide bonds. The monoisotopic (exact) mass is 780 g/mol. The van der Waals surface area contributed by atoms with Gasteiger partial charge in [0.2, 0.25) is 0 Å². The number of aryl methyl sites for hydroxylation is 1. The van der Waals surface area contributed by atoms with Gasteiger partial charge in [-0.3, -0.25) is 0 Å². The van der Waals surface area contributed by atoms with Gasteiger partial charge in [-0.1, -0.05) is 0 Å². The number of fused-ring (bicyclic) bond motifs is 3. The van der Waals surface area contributed by atoms with E-state index in [0.717, 1.165) is 6.42 Å². The van der Waals surface area contributed by atoms with Crippen LogP contribution in [0.15, 0.2) is 91.0 Å². The first kappa shape index (κ1) is 40.5. The average molecular weight is 783 g/mol. The molecule has 3 heteroatoms. The minimum Gasteiger partial charge on any atom is -1.00 e. The number of benzene rings is 4. The summed E-state index contributed by atoms with van der Waals surface area (Å²) in [5.41, 5.74) is 17.8. The van der Waals surface area contributed by atoms with Gasteiger partial charge in [-0.25, -0.2) is 0 Å². The molecule has 0 N–H and O–H groups in total. The van der Waals surface area contributed by atoms with Crippen LogP contribution in [-0.4, -0.2) is 3.21 Å². The van der Waals surface area contributed by atoms with E-state index in [9.17, 15) is 0 Å². The standard InChI is InChI=1S/C23H29.C19H22.C5H5.2ClH.Zr/c1-14-9-16-11-17-10-15(2)21(23(6,7)8)13-19(17)18(16)12-20(14)22(3,4)5;1-14(2)18-9-5-16(6-10-18)13-17-7-11-19(12-8-17)15(3)4;1-2-4-5-3-1;;;/h9,12-13H,11H2,1-8H3;5-12,14-15H,1-4H3;1-5H;2*1H;/q;;;;;+2/p-2. The molecule has 0 radical (unpaired) electrons. The molecule has 2 aliphatic carbocycles. The third kappa shape index (κ3) is 7.73. The molecule has 0 atom stereocenters. The van der Waals surface area contributed by atoms with E-state index in [4.69, 9.17) is 0 Å². The second-order valence-corrected chi connectivity index (χ2v) is 23.2. The summed E-state index contributed by atoms with van der Waals surface area (Å²) in [4.78, 5) is 0. The number of allylic oxidation sites excluding steroid dienone is 4. The Hall–Kier alpha value is -2.31. The second-order valence-electron chi connectivity index (χ2n) is 17.1. The van der Waals surface area contributed by atoms with Gasteiger partial charge >= 0.3 is 301 Å². The Morgan fingerprint density at radius 3 is 1.54 bits per heavy atom. The Bertz CT molecular complexity index is 1890. The Balaban J connectivity index is 0.00000281. The zero-order valence-corrected chi connectivity index (χ0v) is 36.3. The normalized spacial score (nSPS) is 13.5. The SMILES string of the molecule is Cc1cc2c(cc1C(C)(C)C)-c1cc(C(C)(C)C)c(C)[c]([Zr+2](=[C](c3ccc(C(C)C)cc3)c3ccc(C(C)C)cc3)[CH]3C=CC=C3)c1C2.[Cl-].[Cl-]. The summed E-state index contributed by atoms with van der Waals surface area (Å²) in [7, 11) is 0. The summed E-state index contributed by atoms with van der Waals surface area (Å²) >= 11 is -2.79. The van der Waals surface area contributed by atoms with Crippen LogP contribution in [0.2, 0.25) is 3.63 Å². The second kappa shape index (κ2) is 15.4. The van der Waals surface area contributed by atoms with E-state index in [1.165, 1.54) is 55.6 Å². The molecule has 0 bridgehead atoms. The molecule has 0 fully saturated rings. The van der Waals surface area contributed by atoms with Crippen LogP contribution < -0.4 is 28.1 Å². The van der Waals surface area contributed by atoms with E-state index in [2.05, 4.69) is 174 Å². The molecule has 262 valence electrons. The van der Waals surface area contributed by atoms with Crippen molar-refractivity contribution >= 4 is 6.48 Å². The maximum absolute atomic E-state index is 2.79. The molecular formula is C47H56Cl2Zr. The Morgan fingerprint density at radius 2 is 1.10 bits per heavy atom. The molecular weight excluding hydrogens is 727 g/mol. The van der Waals surface area contributed by atoms with Gasteiger partial charge in [0.05, 0.1) is 0 Å². The molecule has 0 nitrogen and oxygen atoms in total. The number of hydrogen-bond acceptors (Lipinski definition) is 0. The van der Waals surface area contributed by atoms with Gasteiger partial charge in [-0.15, -0.1) is 0 Å². The van der Waals surface area contributed by atoms with E-state index >= 15 is 0 Å². The van der Waals surface area contributed by atoms with Crippen LogP contribution in [0, 0.1) is 13.8 Å². The van der Waals surface area contributed by atoms with Crippen molar-refractivity contribution < 1.29 is 46.1 Å². The summed E-state index contributed by atoms with van der Waals surface area (Å²) in [6.45, 7) is 28.3.